The topological polar surface area (TPSA) is 84.2 Å². The van der Waals surface area contributed by atoms with Crippen molar-refractivity contribution >= 4 is 11.8 Å². The molecule has 0 unspecified atom stereocenters. The van der Waals surface area contributed by atoms with Crippen molar-refractivity contribution in [1.29, 1.82) is 0 Å². The molecule has 98 valence electrons. The Morgan fingerprint density at radius 1 is 1.53 bits per heavy atom. The first-order chi connectivity index (χ1) is 8.00. The number of hydrogen-bond donors (Lipinski definition) is 3. The normalized spacial score (nSPS) is 22.8. The molecule has 1 aliphatic heterocycles. The summed E-state index contributed by atoms with van der Waals surface area (Å²) >= 11 is 0. The van der Waals surface area contributed by atoms with Gasteiger partial charge in [0.25, 0.3) is 0 Å². The van der Waals surface area contributed by atoms with E-state index < -0.39 is 0 Å². The number of amides is 2. The van der Waals surface area contributed by atoms with Gasteiger partial charge in [-0.05, 0) is 25.2 Å². The summed E-state index contributed by atoms with van der Waals surface area (Å²) in [7, 11) is 0. The Morgan fingerprint density at radius 2 is 2.24 bits per heavy atom. The van der Waals surface area contributed by atoms with E-state index in [0.717, 1.165) is 12.8 Å². The quantitative estimate of drug-likeness (QED) is 0.655. The Hall–Kier alpha value is -1.10. The average Bonchev–Trinajstić information content (AvgIpc) is 2.44. The van der Waals surface area contributed by atoms with Crippen LogP contribution in [0.5, 0.6) is 0 Å². The van der Waals surface area contributed by atoms with Gasteiger partial charge in [-0.1, -0.05) is 13.8 Å². The van der Waals surface area contributed by atoms with Crippen molar-refractivity contribution in [3.05, 3.63) is 0 Å². The van der Waals surface area contributed by atoms with E-state index in [-0.39, 0.29) is 36.2 Å². The molecule has 0 aromatic carbocycles. The second-order valence-corrected chi connectivity index (χ2v) is 5.02. The van der Waals surface area contributed by atoms with E-state index in [1.807, 2.05) is 13.8 Å². The van der Waals surface area contributed by atoms with Gasteiger partial charge < -0.3 is 16.4 Å². The lowest BCUT2D eigenvalue weighted by atomic mass is 10.0. The van der Waals surface area contributed by atoms with Crippen LogP contribution in [-0.2, 0) is 9.59 Å². The van der Waals surface area contributed by atoms with E-state index in [1.54, 1.807) is 0 Å². The molecule has 0 aromatic rings. The van der Waals surface area contributed by atoms with Crippen LogP contribution < -0.4 is 16.4 Å². The molecular weight excluding hydrogens is 218 g/mol. The van der Waals surface area contributed by atoms with Gasteiger partial charge in [0.2, 0.25) is 11.8 Å². The van der Waals surface area contributed by atoms with E-state index >= 15 is 0 Å². The fourth-order valence-electron chi connectivity index (χ4n) is 1.78. The van der Waals surface area contributed by atoms with Crippen LogP contribution >= 0.6 is 0 Å². The maximum Gasteiger partial charge on any atom is 0.242 e. The van der Waals surface area contributed by atoms with Gasteiger partial charge in [0.1, 0.15) is 6.04 Å². The first-order valence-electron chi connectivity index (χ1n) is 6.33. The molecule has 1 aliphatic rings. The van der Waals surface area contributed by atoms with Gasteiger partial charge in [0.15, 0.2) is 0 Å². The predicted molar refractivity (Wildman–Crippen MR) is 66.2 cm³/mol. The molecule has 0 saturated carbocycles. The molecular formula is C12H23N3O2. The third kappa shape index (κ3) is 4.73. The van der Waals surface area contributed by atoms with Gasteiger partial charge in [0, 0.05) is 19.0 Å². The number of nitrogens with two attached hydrogens (primary N) is 1. The summed E-state index contributed by atoms with van der Waals surface area (Å²) in [6.07, 6.45) is 2.93. The molecule has 1 fully saturated rings. The van der Waals surface area contributed by atoms with Crippen molar-refractivity contribution in [2.45, 2.75) is 51.6 Å². The minimum atomic E-state index is -0.385. The molecule has 4 N–H and O–H groups in total. The first kappa shape index (κ1) is 14.0. The highest BCUT2D eigenvalue weighted by molar-refractivity contribution is 5.87. The fraction of sp³-hybridized carbons (Fsp3) is 0.833. The van der Waals surface area contributed by atoms with Gasteiger partial charge in [-0.25, -0.2) is 0 Å². The zero-order valence-electron chi connectivity index (χ0n) is 10.7. The molecule has 0 bridgehead atoms. The van der Waals surface area contributed by atoms with Crippen LogP contribution in [-0.4, -0.2) is 30.4 Å². The fourth-order valence-corrected chi connectivity index (χ4v) is 1.78. The van der Waals surface area contributed by atoms with Crippen LogP contribution in [0.4, 0.5) is 0 Å². The molecule has 5 nitrogen and oxygen atoms in total. The molecule has 17 heavy (non-hydrogen) atoms. The molecule has 0 radical (unpaired) electrons. The summed E-state index contributed by atoms with van der Waals surface area (Å²) in [5, 5.41) is 5.55. The molecule has 0 spiro atoms. The van der Waals surface area contributed by atoms with Gasteiger partial charge in [-0.3, -0.25) is 9.59 Å². The lowest BCUT2D eigenvalue weighted by Crippen LogP contribution is -2.47. The maximum absolute atomic E-state index is 11.7. The molecule has 2 amide bonds. The third-order valence-electron chi connectivity index (χ3n) is 3.15. The largest absolute Gasteiger partial charge is 0.354 e. The molecule has 5 heteroatoms. The average molecular weight is 241 g/mol. The van der Waals surface area contributed by atoms with E-state index in [4.69, 9.17) is 5.73 Å². The Kier molecular flexibility index (Phi) is 5.41. The van der Waals surface area contributed by atoms with E-state index in [2.05, 4.69) is 10.6 Å². The summed E-state index contributed by atoms with van der Waals surface area (Å²) in [5.74, 6) is 0.0610. The van der Waals surface area contributed by atoms with Crippen molar-refractivity contribution in [1.82, 2.24) is 10.6 Å². The minimum absolute atomic E-state index is 0.0750. The molecule has 1 saturated heterocycles. The van der Waals surface area contributed by atoms with Crippen LogP contribution in [0.25, 0.3) is 0 Å². The van der Waals surface area contributed by atoms with Crippen LogP contribution in [0.2, 0.25) is 0 Å². The Balaban J connectivity index is 2.41. The molecule has 1 rings (SSSR count). The monoisotopic (exact) mass is 241 g/mol. The van der Waals surface area contributed by atoms with Gasteiger partial charge in [0.05, 0.1) is 0 Å². The summed E-state index contributed by atoms with van der Waals surface area (Å²) in [6, 6.07) is -0.534. The SMILES string of the molecule is CC(C)[C@H](N)CC(=O)N[C@H]1CCCCNC1=O. The van der Waals surface area contributed by atoms with E-state index in [9.17, 15) is 9.59 Å². The molecule has 0 aliphatic carbocycles. The summed E-state index contributed by atoms with van der Waals surface area (Å²) in [6.45, 7) is 4.67. The van der Waals surface area contributed by atoms with E-state index in [0.29, 0.717) is 13.0 Å². The van der Waals surface area contributed by atoms with Crippen molar-refractivity contribution in [3.63, 3.8) is 0 Å². The lowest BCUT2D eigenvalue weighted by molar-refractivity contribution is -0.129. The van der Waals surface area contributed by atoms with Crippen molar-refractivity contribution in [3.8, 4) is 0 Å². The zero-order valence-corrected chi connectivity index (χ0v) is 10.7. The standard InChI is InChI=1S/C12H23N3O2/c1-8(2)9(13)7-11(16)15-10-5-3-4-6-14-12(10)17/h8-10H,3-7,13H2,1-2H3,(H,14,17)(H,15,16)/t9-,10+/m1/s1. The second-order valence-electron chi connectivity index (χ2n) is 5.02. The van der Waals surface area contributed by atoms with Gasteiger partial charge >= 0.3 is 0 Å². The molecule has 0 aromatic heterocycles. The number of nitrogens with one attached hydrogen (secondary N) is 2. The lowest BCUT2D eigenvalue weighted by Gasteiger charge is -2.18. The Labute approximate surface area is 103 Å². The van der Waals surface area contributed by atoms with Gasteiger partial charge in [-0.15, -0.1) is 0 Å². The highest BCUT2D eigenvalue weighted by atomic mass is 16.2. The number of carbonyl (C=O) groups excluding carboxylic acids is 2. The summed E-state index contributed by atoms with van der Waals surface area (Å²) in [4.78, 5) is 23.3. The summed E-state index contributed by atoms with van der Waals surface area (Å²) in [5.41, 5.74) is 5.83. The first-order valence-corrected chi connectivity index (χ1v) is 6.33. The molecule has 1 heterocycles. The zero-order chi connectivity index (χ0) is 12.8. The highest BCUT2D eigenvalue weighted by Crippen LogP contribution is 2.07. The highest BCUT2D eigenvalue weighted by Gasteiger charge is 2.23. The van der Waals surface area contributed by atoms with Crippen LogP contribution in [0.1, 0.15) is 39.5 Å². The summed E-state index contributed by atoms with van der Waals surface area (Å²) < 4.78 is 0. The van der Waals surface area contributed by atoms with Gasteiger partial charge in [-0.2, -0.15) is 0 Å². The number of hydrogen-bond acceptors (Lipinski definition) is 3. The van der Waals surface area contributed by atoms with Crippen LogP contribution in [0.3, 0.4) is 0 Å². The van der Waals surface area contributed by atoms with Crippen LogP contribution in [0, 0.1) is 5.92 Å². The minimum Gasteiger partial charge on any atom is -0.354 e. The van der Waals surface area contributed by atoms with Crippen molar-refractivity contribution < 1.29 is 9.59 Å². The number of carbonyl (C=O) groups is 2. The number of rotatable bonds is 4. The van der Waals surface area contributed by atoms with Crippen molar-refractivity contribution in [2.75, 3.05) is 6.54 Å². The maximum atomic E-state index is 11.7. The Morgan fingerprint density at radius 3 is 2.88 bits per heavy atom. The van der Waals surface area contributed by atoms with E-state index in [1.165, 1.54) is 0 Å². The molecule has 2 atom stereocenters. The smallest absolute Gasteiger partial charge is 0.242 e. The second kappa shape index (κ2) is 6.59. The predicted octanol–water partition coefficient (Wildman–Crippen LogP) is 0.145. The van der Waals surface area contributed by atoms with Crippen molar-refractivity contribution in [2.24, 2.45) is 11.7 Å². The van der Waals surface area contributed by atoms with Crippen LogP contribution in [0.15, 0.2) is 0 Å². The third-order valence-corrected chi connectivity index (χ3v) is 3.15. The Bertz CT molecular complexity index is 279.